The monoisotopic (exact) mass is 321 g/mol. The van der Waals surface area contributed by atoms with Crippen LogP contribution in [-0.2, 0) is 6.54 Å². The molecule has 1 heterocycles. The SMILES string of the molecule is CCn1nc(C)c(C(C)NCC(O)c2ccccc2Cl)c1C. The molecule has 1 aromatic heterocycles. The highest BCUT2D eigenvalue weighted by atomic mass is 35.5. The van der Waals surface area contributed by atoms with Gasteiger partial charge in [-0.1, -0.05) is 29.8 Å². The van der Waals surface area contributed by atoms with Gasteiger partial charge in [-0.15, -0.1) is 0 Å². The second-order valence-corrected chi connectivity index (χ2v) is 5.97. The lowest BCUT2D eigenvalue weighted by molar-refractivity contribution is 0.171. The first-order valence-electron chi connectivity index (χ1n) is 7.65. The van der Waals surface area contributed by atoms with Gasteiger partial charge in [-0.2, -0.15) is 5.10 Å². The molecule has 0 aliphatic carbocycles. The zero-order valence-electron chi connectivity index (χ0n) is 13.6. The van der Waals surface area contributed by atoms with E-state index < -0.39 is 6.10 Å². The highest BCUT2D eigenvalue weighted by molar-refractivity contribution is 6.31. The molecule has 2 aromatic rings. The van der Waals surface area contributed by atoms with E-state index in [-0.39, 0.29) is 6.04 Å². The van der Waals surface area contributed by atoms with Gasteiger partial charge in [0.2, 0.25) is 0 Å². The first-order chi connectivity index (χ1) is 10.5. The number of aryl methyl sites for hydroxylation is 2. The number of hydrogen-bond donors (Lipinski definition) is 2. The molecule has 1 aromatic carbocycles. The molecule has 0 aliphatic heterocycles. The molecule has 120 valence electrons. The van der Waals surface area contributed by atoms with E-state index in [0.717, 1.165) is 17.8 Å². The van der Waals surface area contributed by atoms with Crippen molar-refractivity contribution in [3.8, 4) is 0 Å². The van der Waals surface area contributed by atoms with Gasteiger partial charge in [0, 0.05) is 41.0 Å². The first-order valence-corrected chi connectivity index (χ1v) is 8.03. The lowest BCUT2D eigenvalue weighted by Gasteiger charge is -2.19. The average molecular weight is 322 g/mol. The van der Waals surface area contributed by atoms with E-state index in [4.69, 9.17) is 11.6 Å². The lowest BCUT2D eigenvalue weighted by atomic mass is 10.1. The number of aliphatic hydroxyl groups excluding tert-OH is 1. The van der Waals surface area contributed by atoms with Crippen LogP contribution in [0.25, 0.3) is 0 Å². The maximum atomic E-state index is 10.3. The zero-order valence-corrected chi connectivity index (χ0v) is 14.4. The maximum Gasteiger partial charge on any atom is 0.0928 e. The van der Waals surface area contributed by atoms with E-state index in [0.29, 0.717) is 11.6 Å². The molecule has 0 aliphatic rings. The van der Waals surface area contributed by atoms with Crippen molar-refractivity contribution >= 4 is 11.6 Å². The minimum absolute atomic E-state index is 0.123. The Morgan fingerprint density at radius 3 is 2.59 bits per heavy atom. The second kappa shape index (κ2) is 7.27. The van der Waals surface area contributed by atoms with Gasteiger partial charge < -0.3 is 10.4 Å². The van der Waals surface area contributed by atoms with E-state index in [1.165, 1.54) is 11.3 Å². The Morgan fingerprint density at radius 2 is 2.00 bits per heavy atom. The number of nitrogens with one attached hydrogen (secondary N) is 1. The minimum Gasteiger partial charge on any atom is -0.387 e. The third kappa shape index (κ3) is 3.51. The Morgan fingerprint density at radius 1 is 1.32 bits per heavy atom. The molecule has 2 atom stereocenters. The maximum absolute atomic E-state index is 10.3. The predicted molar refractivity (Wildman–Crippen MR) is 90.2 cm³/mol. The molecule has 2 unspecified atom stereocenters. The summed E-state index contributed by atoms with van der Waals surface area (Å²) in [5.41, 5.74) is 4.16. The topological polar surface area (TPSA) is 50.1 Å². The van der Waals surface area contributed by atoms with Gasteiger partial charge in [-0.3, -0.25) is 4.68 Å². The van der Waals surface area contributed by atoms with E-state index in [1.807, 2.05) is 29.8 Å². The van der Waals surface area contributed by atoms with Gasteiger partial charge in [0.1, 0.15) is 0 Å². The Bertz CT molecular complexity index is 639. The van der Waals surface area contributed by atoms with Crippen molar-refractivity contribution < 1.29 is 5.11 Å². The fourth-order valence-electron chi connectivity index (χ4n) is 2.89. The number of aromatic nitrogens is 2. The quantitative estimate of drug-likeness (QED) is 0.855. The Balaban J connectivity index is 2.06. The van der Waals surface area contributed by atoms with Crippen LogP contribution in [0.4, 0.5) is 0 Å². The van der Waals surface area contributed by atoms with Crippen molar-refractivity contribution in [3.63, 3.8) is 0 Å². The van der Waals surface area contributed by atoms with Crippen molar-refractivity contribution in [1.29, 1.82) is 0 Å². The van der Waals surface area contributed by atoms with Gasteiger partial charge in [-0.25, -0.2) is 0 Å². The van der Waals surface area contributed by atoms with Crippen molar-refractivity contribution in [3.05, 3.63) is 51.8 Å². The van der Waals surface area contributed by atoms with E-state index in [2.05, 4.69) is 31.2 Å². The average Bonchev–Trinajstić information content (AvgIpc) is 2.79. The highest BCUT2D eigenvalue weighted by Crippen LogP contribution is 2.24. The van der Waals surface area contributed by atoms with Gasteiger partial charge in [0.25, 0.3) is 0 Å². The van der Waals surface area contributed by atoms with Crippen LogP contribution >= 0.6 is 11.6 Å². The third-order valence-corrected chi connectivity index (χ3v) is 4.40. The molecule has 0 fully saturated rings. The van der Waals surface area contributed by atoms with Crippen LogP contribution < -0.4 is 5.32 Å². The fourth-order valence-corrected chi connectivity index (χ4v) is 3.15. The molecule has 0 bridgehead atoms. The highest BCUT2D eigenvalue weighted by Gasteiger charge is 2.18. The normalized spacial score (nSPS) is 14.1. The number of nitrogens with zero attached hydrogens (tertiary/aromatic N) is 2. The Hall–Kier alpha value is -1.36. The largest absolute Gasteiger partial charge is 0.387 e. The van der Waals surface area contributed by atoms with Crippen LogP contribution in [-0.4, -0.2) is 21.4 Å². The van der Waals surface area contributed by atoms with Crippen LogP contribution in [0.1, 0.15) is 48.5 Å². The zero-order chi connectivity index (χ0) is 16.3. The van der Waals surface area contributed by atoms with Crippen LogP contribution in [0.5, 0.6) is 0 Å². The van der Waals surface area contributed by atoms with Crippen molar-refractivity contribution in [2.45, 2.75) is 46.4 Å². The van der Waals surface area contributed by atoms with Crippen LogP contribution in [0.2, 0.25) is 5.02 Å². The summed E-state index contributed by atoms with van der Waals surface area (Å²) in [5, 5.41) is 18.8. The van der Waals surface area contributed by atoms with Gasteiger partial charge in [0.15, 0.2) is 0 Å². The third-order valence-electron chi connectivity index (χ3n) is 4.05. The molecule has 2 N–H and O–H groups in total. The summed E-state index contributed by atoms with van der Waals surface area (Å²) >= 11 is 6.12. The summed E-state index contributed by atoms with van der Waals surface area (Å²) in [7, 11) is 0. The number of hydrogen-bond acceptors (Lipinski definition) is 3. The van der Waals surface area contributed by atoms with Gasteiger partial charge in [-0.05, 0) is 33.8 Å². The molecule has 2 rings (SSSR count). The molecular weight excluding hydrogens is 298 g/mol. The van der Waals surface area contributed by atoms with E-state index in [1.54, 1.807) is 6.07 Å². The molecule has 0 amide bonds. The summed E-state index contributed by atoms with van der Waals surface area (Å²) < 4.78 is 2.01. The van der Waals surface area contributed by atoms with Gasteiger partial charge >= 0.3 is 0 Å². The predicted octanol–water partition coefficient (Wildman–Crippen LogP) is 3.56. The molecule has 4 nitrogen and oxygen atoms in total. The summed E-state index contributed by atoms with van der Waals surface area (Å²) in [5.74, 6) is 0. The Labute approximate surface area is 137 Å². The Kier molecular flexibility index (Phi) is 5.62. The second-order valence-electron chi connectivity index (χ2n) is 5.57. The standard InChI is InChI=1S/C17H24ClN3O/c1-5-21-13(4)17(12(3)20-21)11(2)19-10-16(22)14-8-6-7-9-15(14)18/h6-9,11,16,19,22H,5,10H2,1-4H3. The number of aliphatic hydroxyl groups is 1. The fraction of sp³-hybridized carbons (Fsp3) is 0.471. The summed E-state index contributed by atoms with van der Waals surface area (Å²) in [4.78, 5) is 0. The number of rotatable bonds is 6. The number of halogens is 1. The van der Waals surface area contributed by atoms with Crippen molar-refractivity contribution in [1.82, 2.24) is 15.1 Å². The molecule has 0 saturated heterocycles. The minimum atomic E-state index is -0.627. The van der Waals surface area contributed by atoms with E-state index >= 15 is 0 Å². The molecule has 0 saturated carbocycles. The summed E-state index contributed by atoms with van der Waals surface area (Å²) in [6.07, 6.45) is -0.627. The van der Waals surface area contributed by atoms with Gasteiger partial charge in [0.05, 0.1) is 11.8 Å². The van der Waals surface area contributed by atoms with Crippen LogP contribution in [0.15, 0.2) is 24.3 Å². The molecule has 22 heavy (non-hydrogen) atoms. The molecule has 0 radical (unpaired) electrons. The first kappa shape index (κ1) is 17.0. The van der Waals surface area contributed by atoms with Crippen molar-refractivity contribution in [2.24, 2.45) is 0 Å². The summed E-state index contributed by atoms with van der Waals surface area (Å²) in [6.45, 7) is 9.60. The van der Waals surface area contributed by atoms with Crippen LogP contribution in [0, 0.1) is 13.8 Å². The van der Waals surface area contributed by atoms with Crippen molar-refractivity contribution in [2.75, 3.05) is 6.54 Å². The smallest absolute Gasteiger partial charge is 0.0928 e. The van der Waals surface area contributed by atoms with Crippen LogP contribution in [0.3, 0.4) is 0 Å². The molecule has 5 heteroatoms. The lowest BCUT2D eigenvalue weighted by Crippen LogP contribution is -2.25. The van der Waals surface area contributed by atoms with E-state index in [9.17, 15) is 5.11 Å². The number of benzene rings is 1. The summed E-state index contributed by atoms with van der Waals surface area (Å²) in [6, 6.07) is 7.51. The molecule has 0 spiro atoms. The molecular formula is C17H24ClN3O.